The van der Waals surface area contributed by atoms with E-state index in [0.29, 0.717) is 35.0 Å². The maximum atomic E-state index is 14.5. The van der Waals surface area contributed by atoms with Crippen molar-refractivity contribution in [1.82, 2.24) is 9.88 Å². The van der Waals surface area contributed by atoms with Gasteiger partial charge in [-0.2, -0.15) is 13.2 Å². The number of alkyl halides is 3. The highest BCUT2D eigenvalue weighted by Crippen LogP contribution is 2.36. The van der Waals surface area contributed by atoms with Crippen LogP contribution in [-0.2, 0) is 11.0 Å². The molecular formula is C25H18ClF4N3O4. The Balaban J connectivity index is 1.23. The standard InChI is InChI=1S/C25H18ClF4N3O4/c26-15-2-3-20(16(5-15)14-1-4-22(31-8-14)25(28,29)30)36-11-13-9-33(10-13)24(35)17-6-19-21(7-18(17)27)37-12-23(34)32-19/h1-8,13H,9-12H2,(H,32,34). The zero-order chi connectivity index (χ0) is 26.3. The summed E-state index contributed by atoms with van der Waals surface area (Å²) in [4.78, 5) is 29.3. The first kappa shape index (κ1) is 24.8. The first-order chi connectivity index (χ1) is 17.6. The van der Waals surface area contributed by atoms with Crippen molar-refractivity contribution in [3.63, 3.8) is 0 Å². The molecule has 5 rings (SSSR count). The molecule has 0 atom stereocenters. The number of amides is 2. The van der Waals surface area contributed by atoms with Gasteiger partial charge in [0.2, 0.25) is 0 Å². The van der Waals surface area contributed by atoms with Crippen LogP contribution in [0.25, 0.3) is 11.1 Å². The molecule has 1 N–H and O–H groups in total. The van der Waals surface area contributed by atoms with Crippen molar-refractivity contribution in [2.75, 3.05) is 31.6 Å². The first-order valence-electron chi connectivity index (χ1n) is 11.1. The molecule has 0 saturated carbocycles. The number of anilines is 1. The Bertz CT molecular complexity index is 1380. The number of fused-ring (bicyclic) bond motifs is 1. The van der Waals surface area contributed by atoms with Crippen LogP contribution < -0.4 is 14.8 Å². The van der Waals surface area contributed by atoms with Gasteiger partial charge >= 0.3 is 6.18 Å². The third-order valence-electron chi connectivity index (χ3n) is 5.96. The molecule has 192 valence electrons. The van der Waals surface area contributed by atoms with Gasteiger partial charge in [-0.3, -0.25) is 14.6 Å². The summed E-state index contributed by atoms with van der Waals surface area (Å²) in [7, 11) is 0. The van der Waals surface area contributed by atoms with E-state index in [-0.39, 0.29) is 36.1 Å². The monoisotopic (exact) mass is 535 g/mol. The van der Waals surface area contributed by atoms with Crippen molar-refractivity contribution in [3.8, 4) is 22.6 Å². The fourth-order valence-electron chi connectivity index (χ4n) is 4.06. The minimum absolute atomic E-state index is 0.0538. The van der Waals surface area contributed by atoms with E-state index in [2.05, 4.69) is 10.3 Å². The number of aromatic nitrogens is 1. The fourth-order valence-corrected chi connectivity index (χ4v) is 4.23. The average molecular weight is 536 g/mol. The lowest BCUT2D eigenvalue weighted by Crippen LogP contribution is -2.52. The molecule has 2 aliphatic heterocycles. The molecule has 0 aliphatic carbocycles. The Morgan fingerprint density at radius 1 is 1.19 bits per heavy atom. The number of carbonyl (C=O) groups is 2. The second kappa shape index (κ2) is 9.55. The molecule has 37 heavy (non-hydrogen) atoms. The lowest BCUT2D eigenvalue weighted by atomic mass is 9.99. The number of halogens is 5. The van der Waals surface area contributed by atoms with Crippen molar-refractivity contribution in [1.29, 1.82) is 0 Å². The number of likely N-dealkylation sites (tertiary alicyclic amines) is 1. The second-order valence-electron chi connectivity index (χ2n) is 8.62. The number of hydrogen-bond donors (Lipinski definition) is 1. The minimum atomic E-state index is -4.55. The van der Waals surface area contributed by atoms with Gasteiger partial charge in [0, 0.05) is 47.4 Å². The largest absolute Gasteiger partial charge is 0.493 e. The molecule has 1 aromatic heterocycles. The summed E-state index contributed by atoms with van der Waals surface area (Å²) in [6.07, 6.45) is -3.45. The molecule has 0 unspecified atom stereocenters. The molecule has 2 aliphatic rings. The molecule has 0 bridgehead atoms. The van der Waals surface area contributed by atoms with Crippen molar-refractivity contribution < 1.29 is 36.6 Å². The van der Waals surface area contributed by atoms with E-state index < -0.39 is 29.5 Å². The number of rotatable bonds is 5. The summed E-state index contributed by atoms with van der Waals surface area (Å²) in [6, 6.07) is 9.27. The normalized spacial score (nSPS) is 15.4. The highest BCUT2D eigenvalue weighted by atomic mass is 35.5. The van der Waals surface area contributed by atoms with E-state index in [1.165, 1.54) is 17.0 Å². The van der Waals surface area contributed by atoms with Gasteiger partial charge in [0.25, 0.3) is 11.8 Å². The second-order valence-corrected chi connectivity index (χ2v) is 9.06. The summed E-state index contributed by atoms with van der Waals surface area (Å²) < 4.78 is 64.1. The Morgan fingerprint density at radius 3 is 2.68 bits per heavy atom. The van der Waals surface area contributed by atoms with Crippen molar-refractivity contribution in [2.24, 2.45) is 5.92 Å². The van der Waals surface area contributed by atoms with Crippen molar-refractivity contribution >= 4 is 29.1 Å². The summed E-state index contributed by atoms with van der Waals surface area (Å²) in [5.41, 5.74) is -0.0883. The maximum absolute atomic E-state index is 14.5. The van der Waals surface area contributed by atoms with Gasteiger partial charge < -0.3 is 19.7 Å². The maximum Gasteiger partial charge on any atom is 0.433 e. The molecule has 2 amide bonds. The highest BCUT2D eigenvalue weighted by Gasteiger charge is 2.34. The predicted molar refractivity (Wildman–Crippen MR) is 125 cm³/mol. The quantitative estimate of drug-likeness (QED) is 0.463. The minimum Gasteiger partial charge on any atom is -0.493 e. The smallest absolute Gasteiger partial charge is 0.433 e. The van der Waals surface area contributed by atoms with E-state index in [1.807, 2.05) is 0 Å². The van der Waals surface area contributed by atoms with E-state index >= 15 is 0 Å². The lowest BCUT2D eigenvalue weighted by Gasteiger charge is -2.39. The SMILES string of the molecule is O=C1COc2cc(F)c(C(=O)N3CC(COc4ccc(Cl)cc4-c4ccc(C(F)(F)F)nc4)C3)cc2N1. The number of nitrogens with zero attached hydrogens (tertiary/aromatic N) is 2. The summed E-state index contributed by atoms with van der Waals surface area (Å²) in [5, 5.41) is 2.92. The van der Waals surface area contributed by atoms with Gasteiger partial charge in [-0.1, -0.05) is 17.7 Å². The van der Waals surface area contributed by atoms with Gasteiger partial charge in [0.05, 0.1) is 17.9 Å². The first-order valence-corrected chi connectivity index (χ1v) is 11.5. The van der Waals surface area contributed by atoms with Crippen LogP contribution in [0.2, 0.25) is 5.02 Å². The zero-order valence-electron chi connectivity index (χ0n) is 18.9. The zero-order valence-corrected chi connectivity index (χ0v) is 19.7. The molecule has 3 aromatic rings. The third kappa shape index (κ3) is 5.17. The number of benzene rings is 2. The Kier molecular flexibility index (Phi) is 6.40. The van der Waals surface area contributed by atoms with Crippen molar-refractivity contribution in [2.45, 2.75) is 6.18 Å². The summed E-state index contributed by atoms with van der Waals surface area (Å²) in [5.74, 6) is -1.18. The Hall–Kier alpha value is -3.86. The van der Waals surface area contributed by atoms with Crippen LogP contribution in [0.1, 0.15) is 16.1 Å². The Morgan fingerprint density at radius 2 is 1.97 bits per heavy atom. The number of carbonyl (C=O) groups excluding carboxylic acids is 2. The third-order valence-corrected chi connectivity index (χ3v) is 6.19. The van der Waals surface area contributed by atoms with Crippen molar-refractivity contribution in [3.05, 3.63) is 70.8 Å². The van der Waals surface area contributed by atoms with Crippen LogP contribution in [-0.4, -0.2) is 48.0 Å². The molecule has 12 heteroatoms. The molecule has 0 spiro atoms. The lowest BCUT2D eigenvalue weighted by molar-refractivity contribution is -0.141. The number of nitrogens with one attached hydrogen (secondary N) is 1. The molecule has 1 saturated heterocycles. The van der Waals surface area contributed by atoms with Gasteiger partial charge in [-0.25, -0.2) is 4.39 Å². The van der Waals surface area contributed by atoms with E-state index in [0.717, 1.165) is 18.3 Å². The van der Waals surface area contributed by atoms with E-state index in [4.69, 9.17) is 21.1 Å². The highest BCUT2D eigenvalue weighted by molar-refractivity contribution is 6.31. The number of ether oxygens (including phenoxy) is 2. The average Bonchev–Trinajstić information content (AvgIpc) is 2.83. The van der Waals surface area contributed by atoms with Gasteiger partial charge in [0.15, 0.2) is 6.61 Å². The summed E-state index contributed by atoms with van der Waals surface area (Å²) >= 11 is 6.09. The van der Waals surface area contributed by atoms with Crippen LogP contribution in [0.15, 0.2) is 48.7 Å². The van der Waals surface area contributed by atoms with E-state index in [9.17, 15) is 27.2 Å². The molecule has 1 fully saturated rings. The van der Waals surface area contributed by atoms with Gasteiger partial charge in [-0.05, 0) is 30.3 Å². The van der Waals surface area contributed by atoms with Crippen LogP contribution in [0.3, 0.4) is 0 Å². The molecular weight excluding hydrogens is 518 g/mol. The topological polar surface area (TPSA) is 80.8 Å². The predicted octanol–water partition coefficient (Wildman–Crippen LogP) is 5.04. The van der Waals surface area contributed by atoms with Crippen LogP contribution in [0.4, 0.5) is 23.2 Å². The van der Waals surface area contributed by atoms with Crippen LogP contribution in [0, 0.1) is 11.7 Å². The fraction of sp³-hybridized carbons (Fsp3) is 0.240. The van der Waals surface area contributed by atoms with E-state index in [1.54, 1.807) is 18.2 Å². The number of hydrogen-bond acceptors (Lipinski definition) is 5. The molecule has 0 radical (unpaired) electrons. The molecule has 7 nitrogen and oxygen atoms in total. The van der Waals surface area contributed by atoms with Gasteiger partial charge in [0.1, 0.15) is 23.0 Å². The summed E-state index contributed by atoms with van der Waals surface area (Å²) in [6.45, 7) is 0.604. The molecule has 2 aromatic carbocycles. The van der Waals surface area contributed by atoms with Gasteiger partial charge in [-0.15, -0.1) is 0 Å². The van der Waals surface area contributed by atoms with Crippen LogP contribution >= 0.6 is 11.6 Å². The van der Waals surface area contributed by atoms with Crippen LogP contribution in [0.5, 0.6) is 11.5 Å². The number of pyridine rings is 1. The molecule has 3 heterocycles. The Labute approximate surface area is 212 Å².